The lowest BCUT2D eigenvalue weighted by atomic mass is 10.1. The van der Waals surface area contributed by atoms with E-state index in [4.69, 9.17) is 0 Å². The molecule has 0 aromatic carbocycles. The van der Waals surface area contributed by atoms with Crippen LogP contribution in [0.3, 0.4) is 0 Å². The predicted molar refractivity (Wildman–Crippen MR) is 86.7 cm³/mol. The van der Waals surface area contributed by atoms with Crippen molar-refractivity contribution in [3.8, 4) is 0 Å². The van der Waals surface area contributed by atoms with Crippen LogP contribution in [0.5, 0.6) is 0 Å². The predicted octanol–water partition coefficient (Wildman–Crippen LogP) is 3.61. The van der Waals surface area contributed by atoms with E-state index in [1.54, 1.807) is 11.4 Å². The van der Waals surface area contributed by atoms with Crippen molar-refractivity contribution in [2.24, 2.45) is 0 Å². The average molecular weight is 369 g/mol. The van der Waals surface area contributed by atoms with Gasteiger partial charge in [-0.3, -0.25) is 9.59 Å². The number of aryl methyl sites for hydroxylation is 1. The molecular formula is C16H14F3N3O2S. The number of hydrogen-bond acceptors (Lipinski definition) is 4. The van der Waals surface area contributed by atoms with Crippen molar-refractivity contribution < 1.29 is 22.8 Å². The molecule has 1 saturated carbocycles. The second kappa shape index (κ2) is 6.47. The molecule has 0 unspecified atom stereocenters. The van der Waals surface area contributed by atoms with Crippen molar-refractivity contribution in [1.29, 1.82) is 0 Å². The topological polar surface area (TPSA) is 71.1 Å². The Bertz CT molecular complexity index is 828. The Morgan fingerprint density at radius 3 is 2.48 bits per heavy atom. The highest BCUT2D eigenvalue weighted by Gasteiger charge is 2.33. The van der Waals surface area contributed by atoms with Crippen molar-refractivity contribution in [2.45, 2.75) is 32.0 Å². The summed E-state index contributed by atoms with van der Waals surface area (Å²) in [4.78, 5) is 27.9. The highest BCUT2D eigenvalue weighted by molar-refractivity contribution is 7.14. The summed E-state index contributed by atoms with van der Waals surface area (Å²) in [5, 5.41) is 7.41. The average Bonchev–Trinajstić information content (AvgIpc) is 3.21. The molecule has 9 heteroatoms. The molecule has 5 nitrogen and oxygen atoms in total. The number of rotatable bonds is 4. The fourth-order valence-corrected chi connectivity index (χ4v) is 2.98. The number of carbonyl (C=O) groups excluding carboxylic acids is 2. The highest BCUT2D eigenvalue weighted by atomic mass is 32.1. The Labute approximate surface area is 145 Å². The summed E-state index contributed by atoms with van der Waals surface area (Å²) in [5.74, 6) is -0.886. The Balaban J connectivity index is 1.77. The smallest absolute Gasteiger partial charge is 0.349 e. The Morgan fingerprint density at radius 2 is 1.88 bits per heavy atom. The molecule has 132 valence electrons. The molecule has 0 atom stereocenters. The van der Waals surface area contributed by atoms with Crippen LogP contribution in [-0.2, 0) is 6.18 Å². The third-order valence-corrected chi connectivity index (χ3v) is 4.50. The first-order valence-corrected chi connectivity index (χ1v) is 8.38. The molecule has 0 bridgehead atoms. The molecule has 0 spiro atoms. The van der Waals surface area contributed by atoms with Crippen molar-refractivity contribution in [3.63, 3.8) is 0 Å². The minimum Gasteiger partial charge on any atom is -0.349 e. The Kier molecular flexibility index (Phi) is 4.51. The van der Waals surface area contributed by atoms with E-state index in [0.29, 0.717) is 10.6 Å². The normalized spacial score (nSPS) is 14.2. The third-order valence-electron chi connectivity index (χ3n) is 3.67. The van der Waals surface area contributed by atoms with Crippen LogP contribution in [0.25, 0.3) is 0 Å². The van der Waals surface area contributed by atoms with Gasteiger partial charge < -0.3 is 10.6 Å². The SMILES string of the molecule is Cc1nc(C(F)(F)F)ccc1C(=O)Nc1sccc1C(=O)NC1CC1. The fourth-order valence-electron chi connectivity index (χ4n) is 2.21. The van der Waals surface area contributed by atoms with Gasteiger partial charge in [0, 0.05) is 6.04 Å². The van der Waals surface area contributed by atoms with Gasteiger partial charge in [-0.15, -0.1) is 11.3 Å². The number of halogens is 3. The maximum absolute atomic E-state index is 12.7. The maximum Gasteiger partial charge on any atom is 0.433 e. The summed E-state index contributed by atoms with van der Waals surface area (Å²) < 4.78 is 38.0. The van der Waals surface area contributed by atoms with Crippen LogP contribution in [0.4, 0.5) is 18.2 Å². The number of hydrogen-bond donors (Lipinski definition) is 2. The number of nitrogens with one attached hydrogen (secondary N) is 2. The molecule has 0 saturated heterocycles. The number of nitrogens with zero attached hydrogens (tertiary/aromatic N) is 1. The summed E-state index contributed by atoms with van der Waals surface area (Å²) in [6.07, 6.45) is -2.69. The van der Waals surface area contributed by atoms with Gasteiger partial charge in [0.25, 0.3) is 11.8 Å². The molecule has 1 aliphatic carbocycles. The van der Waals surface area contributed by atoms with Gasteiger partial charge in [-0.25, -0.2) is 4.98 Å². The first kappa shape index (κ1) is 17.4. The molecule has 2 aromatic heterocycles. The zero-order chi connectivity index (χ0) is 18.2. The van der Waals surface area contributed by atoms with Gasteiger partial charge in [0.05, 0.1) is 16.8 Å². The standard InChI is InChI=1S/C16H14F3N3O2S/c1-8-10(4-5-12(20-8)16(17,18)19)13(23)22-15-11(6-7-25-15)14(24)21-9-2-3-9/h4-7,9H,2-3H2,1H3,(H,21,24)(H,22,23). The quantitative estimate of drug-likeness (QED) is 0.865. The van der Waals surface area contributed by atoms with Gasteiger partial charge in [0.1, 0.15) is 10.7 Å². The monoisotopic (exact) mass is 369 g/mol. The van der Waals surface area contributed by atoms with E-state index in [-0.39, 0.29) is 23.2 Å². The van der Waals surface area contributed by atoms with Gasteiger partial charge in [-0.2, -0.15) is 13.2 Å². The Hall–Kier alpha value is -2.42. The number of thiophene rings is 1. The zero-order valence-corrected chi connectivity index (χ0v) is 13.9. The molecule has 2 N–H and O–H groups in total. The van der Waals surface area contributed by atoms with Crippen LogP contribution >= 0.6 is 11.3 Å². The van der Waals surface area contributed by atoms with E-state index in [9.17, 15) is 22.8 Å². The summed E-state index contributed by atoms with van der Waals surface area (Å²) in [6, 6.07) is 3.61. The van der Waals surface area contributed by atoms with E-state index < -0.39 is 17.8 Å². The highest BCUT2D eigenvalue weighted by Crippen LogP contribution is 2.29. The fraction of sp³-hybridized carbons (Fsp3) is 0.312. The zero-order valence-electron chi connectivity index (χ0n) is 13.1. The Morgan fingerprint density at radius 1 is 1.16 bits per heavy atom. The lowest BCUT2D eigenvalue weighted by Gasteiger charge is -2.11. The van der Waals surface area contributed by atoms with E-state index in [1.165, 1.54) is 18.3 Å². The van der Waals surface area contributed by atoms with E-state index in [2.05, 4.69) is 15.6 Å². The van der Waals surface area contributed by atoms with Gasteiger partial charge in [-0.05, 0) is 43.3 Å². The van der Waals surface area contributed by atoms with Gasteiger partial charge >= 0.3 is 6.18 Å². The summed E-state index contributed by atoms with van der Waals surface area (Å²) in [7, 11) is 0. The van der Waals surface area contributed by atoms with Crippen LogP contribution in [0.15, 0.2) is 23.6 Å². The summed E-state index contributed by atoms with van der Waals surface area (Å²) in [5.41, 5.74) is -0.729. The molecule has 2 heterocycles. The van der Waals surface area contributed by atoms with Crippen LogP contribution in [-0.4, -0.2) is 22.8 Å². The second-order valence-electron chi connectivity index (χ2n) is 5.69. The minimum absolute atomic E-state index is 0.0231. The van der Waals surface area contributed by atoms with Crippen LogP contribution < -0.4 is 10.6 Å². The first-order valence-electron chi connectivity index (χ1n) is 7.50. The van der Waals surface area contributed by atoms with E-state index in [1.807, 2.05) is 0 Å². The molecule has 2 aromatic rings. The van der Waals surface area contributed by atoms with Gasteiger partial charge in [-0.1, -0.05) is 0 Å². The van der Waals surface area contributed by atoms with Crippen LogP contribution in [0.2, 0.25) is 0 Å². The maximum atomic E-state index is 12.7. The van der Waals surface area contributed by atoms with Crippen LogP contribution in [0.1, 0.15) is 44.9 Å². The molecule has 0 aliphatic heterocycles. The molecule has 3 rings (SSSR count). The number of amides is 2. The van der Waals surface area contributed by atoms with Crippen molar-refractivity contribution in [2.75, 3.05) is 5.32 Å². The van der Waals surface area contributed by atoms with Crippen molar-refractivity contribution >= 4 is 28.2 Å². The van der Waals surface area contributed by atoms with Gasteiger partial charge in [0.2, 0.25) is 0 Å². The van der Waals surface area contributed by atoms with Crippen molar-refractivity contribution in [1.82, 2.24) is 10.3 Å². The van der Waals surface area contributed by atoms with Crippen molar-refractivity contribution in [3.05, 3.63) is 46.1 Å². The minimum atomic E-state index is -4.57. The van der Waals surface area contributed by atoms with Gasteiger partial charge in [0.15, 0.2) is 0 Å². The number of pyridine rings is 1. The second-order valence-corrected chi connectivity index (χ2v) is 6.61. The largest absolute Gasteiger partial charge is 0.433 e. The molecular weight excluding hydrogens is 355 g/mol. The number of alkyl halides is 3. The third kappa shape index (κ3) is 3.98. The molecule has 1 aliphatic rings. The number of anilines is 1. The number of aromatic nitrogens is 1. The molecule has 25 heavy (non-hydrogen) atoms. The molecule has 1 fully saturated rings. The number of carbonyl (C=O) groups is 2. The summed E-state index contributed by atoms with van der Waals surface area (Å²) in [6.45, 7) is 1.33. The first-order chi connectivity index (χ1) is 11.8. The van der Waals surface area contributed by atoms with E-state index >= 15 is 0 Å². The lowest BCUT2D eigenvalue weighted by Crippen LogP contribution is -2.26. The summed E-state index contributed by atoms with van der Waals surface area (Å²) >= 11 is 1.17. The molecule has 0 radical (unpaired) electrons. The lowest BCUT2D eigenvalue weighted by molar-refractivity contribution is -0.141. The van der Waals surface area contributed by atoms with E-state index in [0.717, 1.165) is 25.0 Å². The van der Waals surface area contributed by atoms with Crippen LogP contribution in [0, 0.1) is 6.92 Å². The molecule has 2 amide bonds.